The van der Waals surface area contributed by atoms with E-state index >= 15 is 0 Å². The lowest BCUT2D eigenvalue weighted by atomic mass is 10.1. The highest BCUT2D eigenvalue weighted by Gasteiger charge is 2.23. The van der Waals surface area contributed by atoms with E-state index in [-0.39, 0.29) is 0 Å². The maximum absolute atomic E-state index is 4.71. The molecule has 3 heterocycles. The van der Waals surface area contributed by atoms with Gasteiger partial charge in [0.25, 0.3) is 5.78 Å². The molecular weight excluding hydrogens is 312 g/mol. The van der Waals surface area contributed by atoms with Gasteiger partial charge in [0, 0.05) is 35.6 Å². The average Bonchev–Trinajstić information content (AvgIpc) is 3.38. The van der Waals surface area contributed by atoms with E-state index in [4.69, 9.17) is 4.98 Å². The summed E-state index contributed by atoms with van der Waals surface area (Å²) in [6.45, 7) is 0. The third-order valence-corrected chi connectivity index (χ3v) is 4.23. The number of hydrogen-bond donors (Lipinski definition) is 1. The van der Waals surface area contributed by atoms with Crippen LogP contribution in [0.15, 0.2) is 60.9 Å². The number of rotatable bonds is 4. The molecule has 1 aromatic carbocycles. The second-order valence-electron chi connectivity index (χ2n) is 6.20. The second-order valence-corrected chi connectivity index (χ2v) is 6.20. The molecule has 0 unspecified atom stereocenters. The van der Waals surface area contributed by atoms with E-state index < -0.39 is 0 Å². The number of anilines is 1. The number of hydrogen-bond acceptors (Lipinski definition) is 5. The largest absolute Gasteiger partial charge is 0.367 e. The maximum atomic E-state index is 4.71. The van der Waals surface area contributed by atoms with Gasteiger partial charge in [0.1, 0.15) is 5.82 Å². The fourth-order valence-corrected chi connectivity index (χ4v) is 2.78. The summed E-state index contributed by atoms with van der Waals surface area (Å²) in [7, 11) is 0. The van der Waals surface area contributed by atoms with Gasteiger partial charge < -0.3 is 5.32 Å². The van der Waals surface area contributed by atoms with Gasteiger partial charge in [0.05, 0.1) is 5.69 Å². The van der Waals surface area contributed by atoms with Gasteiger partial charge in [0.2, 0.25) is 0 Å². The van der Waals surface area contributed by atoms with Crippen molar-refractivity contribution in [3.05, 3.63) is 60.9 Å². The van der Waals surface area contributed by atoms with Crippen LogP contribution in [-0.2, 0) is 0 Å². The molecule has 4 aromatic rings. The summed E-state index contributed by atoms with van der Waals surface area (Å²) in [5.41, 5.74) is 2.84. The molecule has 0 radical (unpaired) electrons. The monoisotopic (exact) mass is 328 g/mol. The van der Waals surface area contributed by atoms with Crippen molar-refractivity contribution >= 4 is 11.6 Å². The molecule has 3 aromatic heterocycles. The quantitative estimate of drug-likeness (QED) is 0.621. The first kappa shape index (κ1) is 14.1. The Labute approximate surface area is 144 Å². The zero-order chi connectivity index (χ0) is 16.6. The Morgan fingerprint density at radius 2 is 1.80 bits per heavy atom. The molecule has 1 saturated carbocycles. The summed E-state index contributed by atoms with van der Waals surface area (Å²) in [5, 5.41) is 8.18. The first-order valence-corrected chi connectivity index (χ1v) is 8.37. The van der Waals surface area contributed by atoms with Crippen molar-refractivity contribution in [3.63, 3.8) is 0 Å². The minimum Gasteiger partial charge on any atom is -0.367 e. The van der Waals surface area contributed by atoms with Crippen molar-refractivity contribution in [1.29, 1.82) is 0 Å². The predicted octanol–water partition coefficient (Wildman–Crippen LogP) is 3.43. The van der Waals surface area contributed by atoms with Gasteiger partial charge in [0.15, 0.2) is 5.82 Å². The highest BCUT2D eigenvalue weighted by Crippen LogP contribution is 2.28. The number of aromatic nitrogens is 5. The second kappa shape index (κ2) is 5.66. The van der Waals surface area contributed by atoms with Crippen LogP contribution in [0.4, 0.5) is 5.82 Å². The molecule has 6 nitrogen and oxygen atoms in total. The molecule has 25 heavy (non-hydrogen) atoms. The van der Waals surface area contributed by atoms with Crippen LogP contribution in [0, 0.1) is 0 Å². The number of nitrogens with zero attached hydrogens (tertiary/aromatic N) is 5. The zero-order valence-corrected chi connectivity index (χ0v) is 13.5. The van der Waals surface area contributed by atoms with E-state index in [1.165, 1.54) is 12.8 Å². The van der Waals surface area contributed by atoms with Gasteiger partial charge >= 0.3 is 0 Å². The van der Waals surface area contributed by atoms with Crippen LogP contribution >= 0.6 is 0 Å². The molecule has 1 aliphatic carbocycles. The molecule has 1 N–H and O–H groups in total. The molecule has 0 atom stereocenters. The minimum absolute atomic E-state index is 0.514. The summed E-state index contributed by atoms with van der Waals surface area (Å²) in [4.78, 5) is 13.5. The van der Waals surface area contributed by atoms with Crippen LogP contribution in [0.3, 0.4) is 0 Å². The number of benzene rings is 1. The number of fused-ring (bicyclic) bond motifs is 1. The Morgan fingerprint density at radius 3 is 2.56 bits per heavy atom. The van der Waals surface area contributed by atoms with Gasteiger partial charge in [-0.1, -0.05) is 30.3 Å². The Kier molecular flexibility index (Phi) is 3.19. The Morgan fingerprint density at radius 1 is 0.960 bits per heavy atom. The van der Waals surface area contributed by atoms with Crippen molar-refractivity contribution in [2.75, 3.05) is 5.32 Å². The number of nitrogens with one attached hydrogen (secondary N) is 1. The fourth-order valence-electron chi connectivity index (χ4n) is 2.78. The smallest absolute Gasteiger partial charge is 0.255 e. The van der Waals surface area contributed by atoms with E-state index in [9.17, 15) is 0 Å². The van der Waals surface area contributed by atoms with E-state index in [2.05, 4.69) is 32.5 Å². The third kappa shape index (κ3) is 2.71. The normalized spacial score (nSPS) is 13.9. The first-order valence-electron chi connectivity index (χ1n) is 8.37. The lowest BCUT2D eigenvalue weighted by Gasteiger charge is -2.08. The molecular formula is C19H16N6. The van der Waals surface area contributed by atoms with Crippen LogP contribution in [0.5, 0.6) is 0 Å². The van der Waals surface area contributed by atoms with Gasteiger partial charge in [-0.3, -0.25) is 4.98 Å². The molecule has 0 spiro atoms. The Balaban J connectivity index is 1.68. The summed E-state index contributed by atoms with van der Waals surface area (Å²) in [5.74, 6) is 2.14. The standard InChI is InChI=1S/C19H16N6/c1-2-5-13(6-3-1)16-11-17(21-15-8-9-15)25-19(22-16)23-18(24-25)14-7-4-10-20-12-14/h1-7,10-12,15,21H,8-9H2. The van der Waals surface area contributed by atoms with E-state index in [1.54, 1.807) is 16.9 Å². The molecule has 1 aliphatic rings. The zero-order valence-electron chi connectivity index (χ0n) is 13.5. The van der Waals surface area contributed by atoms with Gasteiger partial charge in [-0.2, -0.15) is 9.50 Å². The molecule has 0 aliphatic heterocycles. The van der Waals surface area contributed by atoms with Gasteiger partial charge in [-0.15, -0.1) is 5.10 Å². The lowest BCUT2D eigenvalue weighted by Crippen LogP contribution is -2.08. The first-order chi connectivity index (χ1) is 12.4. The van der Waals surface area contributed by atoms with Gasteiger partial charge in [-0.25, -0.2) is 4.98 Å². The van der Waals surface area contributed by atoms with Crippen LogP contribution in [-0.4, -0.2) is 30.6 Å². The lowest BCUT2D eigenvalue weighted by molar-refractivity contribution is 0.928. The molecule has 0 amide bonds. The molecule has 1 fully saturated rings. The molecule has 0 bridgehead atoms. The van der Waals surface area contributed by atoms with Crippen LogP contribution < -0.4 is 5.32 Å². The van der Waals surface area contributed by atoms with Gasteiger partial charge in [-0.05, 0) is 25.0 Å². The molecule has 122 valence electrons. The SMILES string of the molecule is c1ccc(-c2cc(NC3CC3)n3nc(-c4cccnc4)nc3n2)cc1. The highest BCUT2D eigenvalue weighted by molar-refractivity contribution is 5.67. The Bertz CT molecular complexity index is 1020. The van der Waals surface area contributed by atoms with Crippen LogP contribution in [0.25, 0.3) is 28.4 Å². The Hall–Kier alpha value is -3.28. The van der Waals surface area contributed by atoms with Crippen LogP contribution in [0.1, 0.15) is 12.8 Å². The average molecular weight is 328 g/mol. The van der Waals surface area contributed by atoms with Crippen molar-refractivity contribution in [2.45, 2.75) is 18.9 Å². The molecule has 6 heteroatoms. The van der Waals surface area contributed by atoms with E-state index in [0.29, 0.717) is 17.6 Å². The third-order valence-electron chi connectivity index (χ3n) is 4.23. The molecule has 5 rings (SSSR count). The topological polar surface area (TPSA) is 68.0 Å². The van der Waals surface area contributed by atoms with Crippen molar-refractivity contribution in [3.8, 4) is 22.6 Å². The molecule has 0 saturated heterocycles. The predicted molar refractivity (Wildman–Crippen MR) is 96.1 cm³/mol. The summed E-state index contributed by atoms with van der Waals surface area (Å²) in [6, 6.07) is 16.5. The minimum atomic E-state index is 0.514. The summed E-state index contributed by atoms with van der Waals surface area (Å²) < 4.78 is 1.78. The van der Waals surface area contributed by atoms with E-state index in [1.807, 2.05) is 36.4 Å². The summed E-state index contributed by atoms with van der Waals surface area (Å²) >= 11 is 0. The van der Waals surface area contributed by atoms with Crippen LogP contribution in [0.2, 0.25) is 0 Å². The van der Waals surface area contributed by atoms with E-state index in [0.717, 1.165) is 22.6 Å². The van der Waals surface area contributed by atoms with Crippen molar-refractivity contribution < 1.29 is 0 Å². The highest BCUT2D eigenvalue weighted by atomic mass is 15.4. The fraction of sp³-hybridized carbons (Fsp3) is 0.158. The summed E-state index contributed by atoms with van der Waals surface area (Å²) in [6.07, 6.45) is 5.88. The number of pyridine rings is 1. The van der Waals surface area contributed by atoms with Crippen molar-refractivity contribution in [1.82, 2.24) is 24.6 Å². The van der Waals surface area contributed by atoms with Crippen molar-refractivity contribution in [2.24, 2.45) is 0 Å². The maximum Gasteiger partial charge on any atom is 0.255 e.